The van der Waals surface area contributed by atoms with E-state index in [1.54, 1.807) is 12.1 Å². The number of benzene rings is 2. The smallest absolute Gasteiger partial charge is 0.267 e. The quantitative estimate of drug-likeness (QED) is 0.615. The number of nitrogens with one attached hydrogen (secondary N) is 2. The second-order valence-electron chi connectivity index (χ2n) is 5.41. The van der Waals surface area contributed by atoms with Gasteiger partial charge in [0.05, 0.1) is 9.51 Å². The van der Waals surface area contributed by atoms with E-state index in [0.29, 0.717) is 10.1 Å². The molecule has 1 fully saturated rings. The van der Waals surface area contributed by atoms with Crippen molar-refractivity contribution in [3.63, 3.8) is 0 Å². The first kappa shape index (κ1) is 18.3. The number of nitro benzene ring substituents is 1. The van der Waals surface area contributed by atoms with Crippen LogP contribution < -0.4 is 10.9 Å². The standard InChI is InChI=1S/C17H15N3O4S2/c21-15(11-1-3-13(4-2-11)17-25-9-10-26-17)18-19-16(22)12-5-7-14(8-6-12)20(23)24/h1-8,17H,9-10H2,(H,18,21)(H,19,22). The molecule has 0 aromatic heterocycles. The molecule has 9 heteroatoms. The molecule has 0 atom stereocenters. The van der Waals surface area contributed by atoms with Gasteiger partial charge in [-0.15, -0.1) is 23.5 Å². The molecule has 0 saturated carbocycles. The van der Waals surface area contributed by atoms with E-state index in [1.807, 2.05) is 35.7 Å². The van der Waals surface area contributed by atoms with Crippen LogP contribution >= 0.6 is 23.5 Å². The number of carbonyl (C=O) groups excluding carboxylic acids is 2. The number of rotatable bonds is 4. The molecule has 26 heavy (non-hydrogen) atoms. The molecule has 2 N–H and O–H groups in total. The number of non-ortho nitro benzene ring substituents is 1. The molecule has 2 amide bonds. The van der Waals surface area contributed by atoms with E-state index in [-0.39, 0.29) is 11.3 Å². The first-order valence-corrected chi connectivity index (χ1v) is 9.82. The molecule has 0 radical (unpaired) electrons. The summed E-state index contributed by atoms with van der Waals surface area (Å²) < 4.78 is 0.411. The number of nitro groups is 1. The minimum atomic E-state index is -0.552. The van der Waals surface area contributed by atoms with Gasteiger partial charge in [-0.05, 0) is 29.8 Å². The van der Waals surface area contributed by atoms with Gasteiger partial charge < -0.3 is 0 Å². The van der Waals surface area contributed by atoms with Crippen molar-refractivity contribution in [2.75, 3.05) is 11.5 Å². The molecular formula is C17H15N3O4S2. The summed E-state index contributed by atoms with van der Waals surface area (Å²) in [5, 5.41) is 10.6. The maximum atomic E-state index is 12.1. The highest BCUT2D eigenvalue weighted by atomic mass is 32.2. The van der Waals surface area contributed by atoms with Gasteiger partial charge in [0.15, 0.2) is 0 Å². The van der Waals surface area contributed by atoms with Gasteiger partial charge in [-0.2, -0.15) is 0 Å². The molecule has 3 rings (SSSR count). The van der Waals surface area contributed by atoms with Crippen LogP contribution in [0.25, 0.3) is 0 Å². The molecule has 2 aromatic carbocycles. The van der Waals surface area contributed by atoms with Crippen molar-refractivity contribution in [3.8, 4) is 0 Å². The summed E-state index contributed by atoms with van der Waals surface area (Å²) >= 11 is 3.78. The number of carbonyl (C=O) groups is 2. The number of nitrogens with zero attached hydrogens (tertiary/aromatic N) is 1. The lowest BCUT2D eigenvalue weighted by atomic mass is 10.1. The molecule has 0 unspecified atom stereocenters. The minimum absolute atomic E-state index is 0.107. The van der Waals surface area contributed by atoms with Crippen molar-refractivity contribution in [2.24, 2.45) is 0 Å². The Hall–Kier alpha value is -2.52. The fraction of sp³-hybridized carbons (Fsp3) is 0.176. The van der Waals surface area contributed by atoms with Gasteiger partial charge in [-0.25, -0.2) is 0 Å². The molecule has 0 bridgehead atoms. The number of hydrogen-bond donors (Lipinski definition) is 2. The zero-order chi connectivity index (χ0) is 18.5. The predicted octanol–water partition coefficient (Wildman–Crippen LogP) is 3.15. The van der Waals surface area contributed by atoms with Crippen LogP contribution in [0.1, 0.15) is 30.9 Å². The van der Waals surface area contributed by atoms with Crippen LogP contribution in [-0.4, -0.2) is 28.2 Å². The van der Waals surface area contributed by atoms with Crippen LogP contribution in [0.5, 0.6) is 0 Å². The number of hydrogen-bond acceptors (Lipinski definition) is 6. The Balaban J connectivity index is 1.56. The zero-order valence-corrected chi connectivity index (χ0v) is 15.1. The lowest BCUT2D eigenvalue weighted by Crippen LogP contribution is -2.41. The van der Waals surface area contributed by atoms with Crippen molar-refractivity contribution in [2.45, 2.75) is 4.58 Å². The Morgan fingerprint density at radius 2 is 1.35 bits per heavy atom. The maximum Gasteiger partial charge on any atom is 0.269 e. The maximum absolute atomic E-state index is 12.1. The second-order valence-corrected chi connectivity index (χ2v) is 8.13. The first-order valence-electron chi connectivity index (χ1n) is 7.73. The van der Waals surface area contributed by atoms with Gasteiger partial charge in [0.2, 0.25) is 0 Å². The van der Waals surface area contributed by atoms with Gasteiger partial charge in [0.1, 0.15) is 0 Å². The highest BCUT2D eigenvalue weighted by Crippen LogP contribution is 2.45. The summed E-state index contributed by atoms with van der Waals surface area (Å²) in [6.07, 6.45) is 0. The first-order chi connectivity index (χ1) is 12.5. The normalized spacial score (nSPS) is 14.0. The van der Waals surface area contributed by atoms with Crippen molar-refractivity contribution in [3.05, 3.63) is 75.3 Å². The van der Waals surface area contributed by atoms with Gasteiger partial charge in [-0.1, -0.05) is 12.1 Å². The lowest BCUT2D eigenvalue weighted by molar-refractivity contribution is -0.384. The molecule has 1 saturated heterocycles. The van der Waals surface area contributed by atoms with E-state index >= 15 is 0 Å². The highest BCUT2D eigenvalue weighted by Gasteiger charge is 2.18. The Morgan fingerprint density at radius 3 is 1.81 bits per heavy atom. The molecular weight excluding hydrogens is 374 g/mol. The topological polar surface area (TPSA) is 101 Å². The molecule has 1 aliphatic rings. The molecule has 7 nitrogen and oxygen atoms in total. The van der Waals surface area contributed by atoms with Crippen molar-refractivity contribution >= 4 is 41.0 Å². The van der Waals surface area contributed by atoms with E-state index < -0.39 is 16.7 Å². The van der Waals surface area contributed by atoms with Crippen LogP contribution in [0.2, 0.25) is 0 Å². The monoisotopic (exact) mass is 389 g/mol. The summed E-state index contributed by atoms with van der Waals surface area (Å²) in [6, 6.07) is 12.4. The summed E-state index contributed by atoms with van der Waals surface area (Å²) in [5.41, 5.74) is 6.35. The Kier molecular flexibility index (Phi) is 5.79. The Labute approximate surface area is 158 Å². The average Bonchev–Trinajstić information content (AvgIpc) is 3.21. The number of thioether (sulfide) groups is 2. The number of amides is 2. The highest BCUT2D eigenvalue weighted by molar-refractivity contribution is 8.19. The average molecular weight is 389 g/mol. The van der Waals surface area contributed by atoms with Crippen molar-refractivity contribution < 1.29 is 14.5 Å². The molecule has 0 spiro atoms. The Bertz CT molecular complexity index is 819. The molecule has 1 heterocycles. The second kappa shape index (κ2) is 8.24. The zero-order valence-electron chi connectivity index (χ0n) is 13.5. The Morgan fingerprint density at radius 1 is 0.885 bits per heavy atom. The van der Waals surface area contributed by atoms with E-state index in [2.05, 4.69) is 10.9 Å². The van der Waals surface area contributed by atoms with E-state index in [4.69, 9.17) is 0 Å². The fourth-order valence-electron chi connectivity index (χ4n) is 2.33. The summed E-state index contributed by atoms with van der Waals surface area (Å²) in [6.45, 7) is 0. The molecule has 1 aliphatic heterocycles. The van der Waals surface area contributed by atoms with Crippen LogP contribution in [-0.2, 0) is 0 Å². The van der Waals surface area contributed by atoms with Crippen LogP contribution in [0.15, 0.2) is 48.5 Å². The third-order valence-corrected chi connectivity index (χ3v) is 6.80. The van der Waals surface area contributed by atoms with Gasteiger partial charge in [-0.3, -0.25) is 30.6 Å². The number of hydrazine groups is 1. The third kappa shape index (κ3) is 4.36. The van der Waals surface area contributed by atoms with E-state index in [0.717, 1.165) is 11.5 Å². The van der Waals surface area contributed by atoms with E-state index in [1.165, 1.54) is 29.8 Å². The molecule has 134 valence electrons. The summed E-state index contributed by atoms with van der Waals surface area (Å²) in [7, 11) is 0. The predicted molar refractivity (Wildman–Crippen MR) is 102 cm³/mol. The summed E-state index contributed by atoms with van der Waals surface area (Å²) in [4.78, 5) is 34.2. The van der Waals surface area contributed by atoms with E-state index in [9.17, 15) is 19.7 Å². The van der Waals surface area contributed by atoms with Crippen LogP contribution in [0, 0.1) is 10.1 Å². The minimum Gasteiger partial charge on any atom is -0.267 e. The SMILES string of the molecule is O=C(NNC(=O)c1ccc([N+](=O)[O-])cc1)c1ccc(C2SCCS2)cc1. The van der Waals surface area contributed by atoms with Crippen LogP contribution in [0.3, 0.4) is 0 Å². The third-order valence-electron chi connectivity index (χ3n) is 3.70. The molecule has 0 aliphatic carbocycles. The molecule has 2 aromatic rings. The lowest BCUT2D eigenvalue weighted by Gasteiger charge is -2.10. The van der Waals surface area contributed by atoms with Crippen LogP contribution in [0.4, 0.5) is 5.69 Å². The van der Waals surface area contributed by atoms with Gasteiger partial charge in [0.25, 0.3) is 17.5 Å². The largest absolute Gasteiger partial charge is 0.269 e. The van der Waals surface area contributed by atoms with Gasteiger partial charge in [0, 0.05) is 34.8 Å². The van der Waals surface area contributed by atoms with Crippen molar-refractivity contribution in [1.82, 2.24) is 10.9 Å². The van der Waals surface area contributed by atoms with Crippen molar-refractivity contribution in [1.29, 1.82) is 0 Å². The van der Waals surface area contributed by atoms with Gasteiger partial charge >= 0.3 is 0 Å². The summed E-state index contributed by atoms with van der Waals surface area (Å²) in [5.74, 6) is 1.28. The fourth-order valence-corrected chi connectivity index (χ4v) is 5.19.